The van der Waals surface area contributed by atoms with Gasteiger partial charge in [-0.15, -0.1) is 0 Å². The second-order valence-corrected chi connectivity index (χ2v) is 5.77. The fourth-order valence-corrected chi connectivity index (χ4v) is 1.84. The summed E-state index contributed by atoms with van der Waals surface area (Å²) in [6.07, 6.45) is -0.325. The highest BCUT2D eigenvalue weighted by molar-refractivity contribution is 5.29. The van der Waals surface area contributed by atoms with Crippen molar-refractivity contribution in [1.82, 2.24) is 5.32 Å². The van der Waals surface area contributed by atoms with Gasteiger partial charge in [0.15, 0.2) is 0 Å². The molecular formula is C16H27NO2. The summed E-state index contributed by atoms with van der Waals surface area (Å²) in [4.78, 5) is 0. The standard InChI is InChI=1S/C16H27NO2/c1-11(2)10-17-13(5)16(18)14-6-8-15(9-7-14)19-12(3)4/h6-9,11-13,16-18H,10H2,1-5H3. The number of ether oxygens (including phenoxy) is 1. The highest BCUT2D eigenvalue weighted by Crippen LogP contribution is 2.21. The molecule has 19 heavy (non-hydrogen) atoms. The Labute approximate surface area is 117 Å². The van der Waals surface area contributed by atoms with E-state index in [0.29, 0.717) is 5.92 Å². The van der Waals surface area contributed by atoms with E-state index < -0.39 is 6.10 Å². The van der Waals surface area contributed by atoms with Crippen LogP contribution in [0.4, 0.5) is 0 Å². The van der Waals surface area contributed by atoms with Gasteiger partial charge in [-0.3, -0.25) is 0 Å². The average Bonchev–Trinajstić information content (AvgIpc) is 2.35. The lowest BCUT2D eigenvalue weighted by Crippen LogP contribution is -2.34. The molecule has 2 atom stereocenters. The lowest BCUT2D eigenvalue weighted by atomic mass is 10.0. The van der Waals surface area contributed by atoms with Crippen LogP contribution < -0.4 is 10.1 Å². The van der Waals surface area contributed by atoms with E-state index in [9.17, 15) is 5.11 Å². The van der Waals surface area contributed by atoms with Crippen LogP contribution in [-0.4, -0.2) is 23.8 Å². The largest absolute Gasteiger partial charge is 0.491 e. The molecule has 0 fully saturated rings. The van der Waals surface area contributed by atoms with Crippen molar-refractivity contribution in [1.29, 1.82) is 0 Å². The predicted octanol–water partition coefficient (Wildman–Crippen LogP) is 3.14. The van der Waals surface area contributed by atoms with Crippen LogP contribution in [0.2, 0.25) is 0 Å². The van der Waals surface area contributed by atoms with E-state index in [0.717, 1.165) is 17.9 Å². The normalized spacial score (nSPS) is 14.7. The zero-order chi connectivity index (χ0) is 14.4. The first kappa shape index (κ1) is 16.0. The van der Waals surface area contributed by atoms with Crippen LogP contribution in [0.25, 0.3) is 0 Å². The van der Waals surface area contributed by atoms with Crippen LogP contribution in [0.1, 0.15) is 46.3 Å². The molecule has 0 aromatic heterocycles. The Morgan fingerprint density at radius 3 is 2.11 bits per heavy atom. The number of rotatable bonds is 7. The SMILES string of the molecule is CC(C)CNC(C)C(O)c1ccc(OC(C)C)cc1. The molecule has 3 heteroatoms. The monoisotopic (exact) mass is 265 g/mol. The second-order valence-electron chi connectivity index (χ2n) is 5.77. The quantitative estimate of drug-likeness (QED) is 0.796. The molecule has 0 amide bonds. The Morgan fingerprint density at radius 2 is 1.63 bits per heavy atom. The lowest BCUT2D eigenvalue weighted by molar-refractivity contribution is 0.134. The van der Waals surface area contributed by atoms with Crippen molar-refractivity contribution in [3.63, 3.8) is 0 Å². The van der Waals surface area contributed by atoms with Gasteiger partial charge in [0.05, 0.1) is 12.2 Å². The number of nitrogens with one attached hydrogen (secondary N) is 1. The zero-order valence-corrected chi connectivity index (χ0v) is 12.7. The van der Waals surface area contributed by atoms with Crippen LogP contribution >= 0.6 is 0 Å². The molecule has 108 valence electrons. The Bertz CT molecular complexity index is 360. The summed E-state index contributed by atoms with van der Waals surface area (Å²) in [6.45, 7) is 11.2. The van der Waals surface area contributed by atoms with Gasteiger partial charge in [0.2, 0.25) is 0 Å². The van der Waals surface area contributed by atoms with Gasteiger partial charge in [-0.2, -0.15) is 0 Å². The minimum Gasteiger partial charge on any atom is -0.491 e. The maximum Gasteiger partial charge on any atom is 0.119 e. The molecule has 0 heterocycles. The molecule has 0 aliphatic carbocycles. The van der Waals surface area contributed by atoms with E-state index in [4.69, 9.17) is 4.74 Å². The molecule has 1 rings (SSSR count). The van der Waals surface area contributed by atoms with Crippen LogP contribution in [0.5, 0.6) is 5.75 Å². The first-order valence-electron chi connectivity index (χ1n) is 7.08. The number of hydrogen-bond acceptors (Lipinski definition) is 3. The van der Waals surface area contributed by atoms with E-state index >= 15 is 0 Å². The van der Waals surface area contributed by atoms with Gasteiger partial charge < -0.3 is 15.2 Å². The van der Waals surface area contributed by atoms with Gasteiger partial charge in [0, 0.05) is 6.04 Å². The second kappa shape index (κ2) is 7.51. The summed E-state index contributed by atoms with van der Waals surface area (Å²) in [7, 11) is 0. The van der Waals surface area contributed by atoms with Crippen LogP contribution in [0.15, 0.2) is 24.3 Å². The first-order chi connectivity index (χ1) is 8.90. The van der Waals surface area contributed by atoms with Crippen molar-refractivity contribution in [3.05, 3.63) is 29.8 Å². The van der Waals surface area contributed by atoms with Crippen molar-refractivity contribution in [2.24, 2.45) is 5.92 Å². The van der Waals surface area contributed by atoms with Gasteiger partial charge in [0.1, 0.15) is 5.75 Å². The molecule has 0 aliphatic rings. The fraction of sp³-hybridized carbons (Fsp3) is 0.625. The average molecular weight is 265 g/mol. The maximum absolute atomic E-state index is 10.3. The van der Waals surface area contributed by atoms with Crippen LogP contribution in [-0.2, 0) is 0 Å². The summed E-state index contributed by atoms with van der Waals surface area (Å²) in [5, 5.41) is 13.6. The van der Waals surface area contributed by atoms with E-state index in [1.807, 2.05) is 45.0 Å². The Kier molecular flexibility index (Phi) is 6.32. The highest BCUT2D eigenvalue weighted by Gasteiger charge is 2.16. The molecule has 1 aromatic carbocycles. The van der Waals surface area contributed by atoms with Crippen molar-refractivity contribution in [2.45, 2.75) is 52.9 Å². The topological polar surface area (TPSA) is 41.5 Å². The van der Waals surface area contributed by atoms with Gasteiger partial charge in [-0.25, -0.2) is 0 Å². The predicted molar refractivity (Wildman–Crippen MR) is 79.5 cm³/mol. The van der Waals surface area contributed by atoms with Gasteiger partial charge in [-0.1, -0.05) is 26.0 Å². The minimum atomic E-state index is -0.494. The van der Waals surface area contributed by atoms with Crippen molar-refractivity contribution in [3.8, 4) is 5.75 Å². The number of hydrogen-bond donors (Lipinski definition) is 2. The van der Waals surface area contributed by atoms with Crippen LogP contribution in [0.3, 0.4) is 0 Å². The summed E-state index contributed by atoms with van der Waals surface area (Å²) in [6, 6.07) is 7.71. The molecule has 2 N–H and O–H groups in total. The third-order valence-corrected chi connectivity index (χ3v) is 2.92. The Balaban J connectivity index is 2.59. The third-order valence-electron chi connectivity index (χ3n) is 2.92. The Hall–Kier alpha value is -1.06. The first-order valence-corrected chi connectivity index (χ1v) is 7.08. The summed E-state index contributed by atoms with van der Waals surface area (Å²) < 4.78 is 5.59. The number of aliphatic hydroxyl groups is 1. The molecule has 2 unspecified atom stereocenters. The smallest absolute Gasteiger partial charge is 0.119 e. The maximum atomic E-state index is 10.3. The van der Waals surface area contributed by atoms with E-state index in [-0.39, 0.29) is 12.1 Å². The summed E-state index contributed by atoms with van der Waals surface area (Å²) in [5.41, 5.74) is 0.917. The van der Waals surface area contributed by atoms with Crippen LogP contribution in [0, 0.1) is 5.92 Å². The number of aliphatic hydroxyl groups excluding tert-OH is 1. The van der Waals surface area contributed by atoms with E-state index in [2.05, 4.69) is 19.2 Å². The molecule has 3 nitrogen and oxygen atoms in total. The highest BCUT2D eigenvalue weighted by atomic mass is 16.5. The molecule has 0 saturated heterocycles. The third kappa shape index (κ3) is 5.62. The van der Waals surface area contributed by atoms with Gasteiger partial charge >= 0.3 is 0 Å². The van der Waals surface area contributed by atoms with E-state index in [1.54, 1.807) is 0 Å². The molecule has 0 spiro atoms. The molecule has 0 saturated carbocycles. The number of benzene rings is 1. The van der Waals surface area contributed by atoms with E-state index in [1.165, 1.54) is 0 Å². The van der Waals surface area contributed by atoms with Gasteiger partial charge in [-0.05, 0) is 50.9 Å². The minimum absolute atomic E-state index is 0.0410. The zero-order valence-electron chi connectivity index (χ0n) is 12.7. The molecular weight excluding hydrogens is 238 g/mol. The fourth-order valence-electron chi connectivity index (χ4n) is 1.84. The van der Waals surface area contributed by atoms with Crippen molar-refractivity contribution < 1.29 is 9.84 Å². The van der Waals surface area contributed by atoms with Crippen molar-refractivity contribution >= 4 is 0 Å². The Morgan fingerprint density at radius 1 is 1.05 bits per heavy atom. The molecule has 0 radical (unpaired) electrons. The lowest BCUT2D eigenvalue weighted by Gasteiger charge is -2.22. The summed E-state index contributed by atoms with van der Waals surface area (Å²) in [5.74, 6) is 1.42. The van der Waals surface area contributed by atoms with Crippen molar-refractivity contribution in [2.75, 3.05) is 6.54 Å². The molecule has 1 aromatic rings. The summed E-state index contributed by atoms with van der Waals surface area (Å²) >= 11 is 0. The van der Waals surface area contributed by atoms with Gasteiger partial charge in [0.25, 0.3) is 0 Å². The molecule has 0 aliphatic heterocycles. The molecule has 0 bridgehead atoms.